The number of nitrogens with zero attached hydrogens (tertiary/aromatic N) is 3. The van der Waals surface area contributed by atoms with Crippen molar-refractivity contribution in [3.63, 3.8) is 0 Å². The molecule has 0 atom stereocenters. The smallest absolute Gasteiger partial charge is 0.292 e. The molecule has 1 aromatic heterocycles. The maximum atomic E-state index is 14.0. The first-order valence-electron chi connectivity index (χ1n) is 5.92. The van der Waals surface area contributed by atoms with Gasteiger partial charge >= 0.3 is 12.2 Å². The van der Waals surface area contributed by atoms with E-state index in [4.69, 9.17) is 11.6 Å². The second-order valence-electron chi connectivity index (χ2n) is 4.56. The first kappa shape index (κ1) is 16.3. The molecular weight excluding hydrogens is 326 g/mol. The Hall–Kier alpha value is -2.09. The molecule has 9 heteroatoms. The van der Waals surface area contributed by atoms with Crippen LogP contribution >= 0.6 is 11.6 Å². The van der Waals surface area contributed by atoms with Gasteiger partial charge in [0.15, 0.2) is 11.6 Å². The van der Waals surface area contributed by atoms with Gasteiger partial charge < -0.3 is 0 Å². The van der Waals surface area contributed by atoms with Gasteiger partial charge in [-0.05, 0) is 19.1 Å². The Morgan fingerprint density at radius 1 is 1.36 bits per heavy atom. The molecule has 4 nitrogen and oxygen atoms in total. The molecule has 2 heterocycles. The number of allylic oxidation sites excluding steroid dienone is 2. The van der Waals surface area contributed by atoms with E-state index in [-0.39, 0.29) is 16.4 Å². The van der Waals surface area contributed by atoms with Crippen molar-refractivity contribution in [2.24, 2.45) is 0 Å². The van der Waals surface area contributed by atoms with Gasteiger partial charge in [0.2, 0.25) is 0 Å². The van der Waals surface area contributed by atoms with Crippen LogP contribution in [0.25, 0.3) is 0 Å². The van der Waals surface area contributed by atoms with Crippen LogP contribution in [0.2, 0.25) is 5.02 Å². The lowest BCUT2D eigenvalue weighted by Gasteiger charge is -2.34. The van der Waals surface area contributed by atoms with Crippen molar-refractivity contribution in [2.75, 3.05) is 11.9 Å². The molecule has 1 aliphatic rings. The molecule has 118 valence electrons. The van der Waals surface area contributed by atoms with E-state index in [9.17, 15) is 22.4 Å². The van der Waals surface area contributed by atoms with E-state index in [0.29, 0.717) is 15.9 Å². The highest BCUT2D eigenvalue weighted by Gasteiger charge is 2.43. The number of urea groups is 1. The average Bonchev–Trinajstić information content (AvgIpc) is 2.38. The van der Waals surface area contributed by atoms with Crippen molar-refractivity contribution in [1.82, 2.24) is 9.88 Å². The Morgan fingerprint density at radius 2 is 1.95 bits per heavy atom. The molecule has 0 bridgehead atoms. The van der Waals surface area contributed by atoms with Crippen LogP contribution in [0.5, 0.6) is 0 Å². The minimum Gasteiger partial charge on any atom is -0.292 e. The van der Waals surface area contributed by atoms with Gasteiger partial charge in [-0.3, -0.25) is 4.90 Å². The molecule has 22 heavy (non-hydrogen) atoms. The molecule has 0 unspecified atom stereocenters. The van der Waals surface area contributed by atoms with Gasteiger partial charge in [0.1, 0.15) is 5.70 Å². The topological polar surface area (TPSA) is 36.4 Å². The van der Waals surface area contributed by atoms with E-state index < -0.39 is 29.5 Å². The zero-order chi connectivity index (χ0) is 16.8. The number of anilines is 1. The summed E-state index contributed by atoms with van der Waals surface area (Å²) < 4.78 is 52.5. The standard InChI is InChI=1S/C13H10ClF4N3O/c1-6-4-10(13(16,17)18)20(3)12(22)21(6)11-9(15)5-8(14)7(2)19-11/h4-5H,1H2,2-3H3. The molecule has 2 amide bonds. The summed E-state index contributed by atoms with van der Waals surface area (Å²) in [5.41, 5.74) is -1.31. The Morgan fingerprint density at radius 3 is 2.50 bits per heavy atom. The van der Waals surface area contributed by atoms with Gasteiger partial charge in [0, 0.05) is 12.7 Å². The van der Waals surface area contributed by atoms with Crippen LogP contribution in [-0.4, -0.2) is 29.1 Å². The van der Waals surface area contributed by atoms with Gasteiger partial charge in [-0.25, -0.2) is 19.1 Å². The fourth-order valence-electron chi connectivity index (χ4n) is 1.90. The van der Waals surface area contributed by atoms with E-state index >= 15 is 0 Å². The number of rotatable bonds is 1. The van der Waals surface area contributed by atoms with Gasteiger partial charge in [0.05, 0.1) is 10.7 Å². The minimum atomic E-state index is -4.73. The summed E-state index contributed by atoms with van der Waals surface area (Å²) in [4.78, 5) is 17.0. The van der Waals surface area contributed by atoms with E-state index in [0.717, 1.165) is 13.1 Å². The highest BCUT2D eigenvalue weighted by Crippen LogP contribution is 2.35. The van der Waals surface area contributed by atoms with Crippen LogP contribution in [0.15, 0.2) is 30.1 Å². The highest BCUT2D eigenvalue weighted by atomic mass is 35.5. The van der Waals surface area contributed by atoms with Gasteiger partial charge in [0.25, 0.3) is 0 Å². The lowest BCUT2D eigenvalue weighted by Crippen LogP contribution is -2.47. The molecule has 0 saturated carbocycles. The monoisotopic (exact) mass is 335 g/mol. The average molecular weight is 336 g/mol. The van der Waals surface area contributed by atoms with Gasteiger partial charge in [-0.1, -0.05) is 18.2 Å². The molecule has 0 aliphatic carbocycles. The Bertz CT molecular complexity index is 699. The van der Waals surface area contributed by atoms with Gasteiger partial charge in [-0.15, -0.1) is 0 Å². The third kappa shape index (κ3) is 2.66. The third-order valence-corrected chi connectivity index (χ3v) is 3.40. The summed E-state index contributed by atoms with van der Waals surface area (Å²) in [7, 11) is 0.932. The van der Waals surface area contributed by atoms with Crippen LogP contribution in [0.4, 0.5) is 28.2 Å². The normalized spacial score (nSPS) is 16.2. The summed E-state index contributed by atoms with van der Waals surface area (Å²) in [6, 6.07) is -0.184. The zero-order valence-electron chi connectivity index (χ0n) is 11.5. The van der Waals surface area contributed by atoms with E-state index in [2.05, 4.69) is 11.6 Å². The first-order chi connectivity index (χ1) is 10.0. The Labute approximate surface area is 128 Å². The number of carbonyl (C=O) groups excluding carboxylic acids is 1. The predicted molar refractivity (Wildman–Crippen MR) is 72.9 cm³/mol. The number of aromatic nitrogens is 1. The molecule has 0 spiro atoms. The zero-order valence-corrected chi connectivity index (χ0v) is 12.3. The summed E-state index contributed by atoms with van der Waals surface area (Å²) >= 11 is 5.71. The number of hydrogen-bond acceptors (Lipinski definition) is 2. The van der Waals surface area contributed by atoms with E-state index in [1.807, 2.05) is 0 Å². The lowest BCUT2D eigenvalue weighted by atomic mass is 10.2. The van der Waals surface area contributed by atoms with Crippen molar-refractivity contribution >= 4 is 23.4 Å². The SMILES string of the molecule is C=C1C=C(C(F)(F)F)N(C)C(=O)N1c1nc(C)c(Cl)cc1F. The molecule has 0 saturated heterocycles. The Kier molecular flexibility index (Phi) is 3.90. The van der Waals surface area contributed by atoms with Crippen molar-refractivity contribution in [3.8, 4) is 0 Å². The number of alkyl halides is 3. The quantitative estimate of drug-likeness (QED) is 0.727. The second kappa shape index (κ2) is 5.28. The fraction of sp³-hybridized carbons (Fsp3) is 0.231. The molecular formula is C13H10ClF4N3O. The number of pyridine rings is 1. The second-order valence-corrected chi connectivity index (χ2v) is 4.96. The van der Waals surface area contributed by atoms with E-state index in [1.165, 1.54) is 6.92 Å². The summed E-state index contributed by atoms with van der Waals surface area (Å²) in [5, 5.41) is 0.0381. The molecule has 1 aromatic rings. The molecule has 2 rings (SSSR count). The first-order valence-corrected chi connectivity index (χ1v) is 6.30. The van der Waals surface area contributed by atoms with Crippen molar-refractivity contribution in [3.05, 3.63) is 46.6 Å². The van der Waals surface area contributed by atoms with E-state index in [1.54, 1.807) is 0 Å². The van der Waals surface area contributed by atoms with Gasteiger partial charge in [-0.2, -0.15) is 13.2 Å². The summed E-state index contributed by atoms with van der Waals surface area (Å²) in [5.74, 6) is -1.40. The Balaban J connectivity index is 2.55. The number of aryl methyl sites for hydroxylation is 1. The van der Waals surface area contributed by atoms with Crippen LogP contribution in [-0.2, 0) is 0 Å². The molecule has 0 radical (unpaired) electrons. The van der Waals surface area contributed by atoms with Crippen molar-refractivity contribution < 1.29 is 22.4 Å². The van der Waals surface area contributed by atoms with Crippen LogP contribution in [0.3, 0.4) is 0 Å². The molecule has 0 fully saturated rings. The van der Waals surface area contributed by atoms with Crippen LogP contribution in [0.1, 0.15) is 5.69 Å². The molecule has 0 N–H and O–H groups in total. The number of halogens is 5. The van der Waals surface area contributed by atoms with Crippen LogP contribution < -0.4 is 4.90 Å². The van der Waals surface area contributed by atoms with Crippen LogP contribution in [0, 0.1) is 12.7 Å². The fourth-order valence-corrected chi connectivity index (χ4v) is 2.03. The number of amides is 2. The maximum absolute atomic E-state index is 14.0. The highest BCUT2D eigenvalue weighted by molar-refractivity contribution is 6.31. The maximum Gasteiger partial charge on any atom is 0.431 e. The predicted octanol–water partition coefficient (Wildman–Crippen LogP) is 4.01. The van der Waals surface area contributed by atoms with Crippen molar-refractivity contribution in [1.29, 1.82) is 0 Å². The number of carbonyl (C=O) groups is 1. The largest absolute Gasteiger partial charge is 0.431 e. The number of hydrogen-bond donors (Lipinski definition) is 0. The summed E-state index contributed by atoms with van der Waals surface area (Å²) in [6.45, 7) is 4.85. The molecule has 0 aromatic carbocycles. The van der Waals surface area contributed by atoms with Crippen molar-refractivity contribution in [2.45, 2.75) is 13.1 Å². The lowest BCUT2D eigenvalue weighted by molar-refractivity contribution is -0.106. The minimum absolute atomic E-state index is 0.0381. The third-order valence-electron chi connectivity index (χ3n) is 3.02. The summed E-state index contributed by atoms with van der Waals surface area (Å²) in [6.07, 6.45) is -4.09. The molecule has 1 aliphatic heterocycles.